The van der Waals surface area contributed by atoms with Gasteiger partial charge in [-0.15, -0.1) is 30.6 Å². The molecule has 1 aromatic heterocycles. The van der Waals surface area contributed by atoms with Crippen LogP contribution in [-0.4, -0.2) is 47.8 Å². The van der Waals surface area contributed by atoms with Gasteiger partial charge in [-0.05, 0) is 45.1 Å². The maximum Gasteiger partial charge on any atom is 0.193 e. The van der Waals surface area contributed by atoms with Crippen molar-refractivity contribution in [2.45, 2.75) is 46.0 Å². The fraction of sp³-hybridized carbons (Fsp3) is 0.667. The molecule has 6 heteroatoms. The molecule has 0 fully saturated rings. The highest BCUT2D eigenvalue weighted by atomic mass is 127. The van der Waals surface area contributed by atoms with Gasteiger partial charge in [0.25, 0.3) is 0 Å². The Hall–Kier alpha value is -1.05. The van der Waals surface area contributed by atoms with Crippen molar-refractivity contribution in [3.8, 4) is 0 Å². The van der Waals surface area contributed by atoms with Gasteiger partial charge in [0, 0.05) is 39.9 Å². The molecule has 0 bridgehead atoms. The Morgan fingerprint density at radius 3 is 2.58 bits per heavy atom. The van der Waals surface area contributed by atoms with Gasteiger partial charge >= 0.3 is 0 Å². The summed E-state index contributed by atoms with van der Waals surface area (Å²) in [6.45, 7) is 9.87. The van der Waals surface area contributed by atoms with Crippen LogP contribution in [0.4, 0.5) is 0 Å². The normalized spacial score (nSPS) is 11.1. The van der Waals surface area contributed by atoms with Crippen LogP contribution in [0.2, 0.25) is 0 Å². The molecule has 24 heavy (non-hydrogen) atoms. The molecule has 0 saturated heterocycles. The van der Waals surface area contributed by atoms with Crippen molar-refractivity contribution in [2.24, 2.45) is 12.0 Å². The van der Waals surface area contributed by atoms with E-state index in [0.29, 0.717) is 0 Å². The summed E-state index contributed by atoms with van der Waals surface area (Å²) < 4.78 is 1.95. The molecule has 0 aliphatic rings. The predicted octanol–water partition coefficient (Wildman–Crippen LogP) is 3.45. The van der Waals surface area contributed by atoms with Gasteiger partial charge in [-0.1, -0.05) is 12.5 Å². The molecule has 1 heterocycles. The molecule has 138 valence electrons. The van der Waals surface area contributed by atoms with Crippen LogP contribution >= 0.6 is 24.0 Å². The number of hydrogen-bond donors (Lipinski definition) is 1. The van der Waals surface area contributed by atoms with E-state index in [-0.39, 0.29) is 24.0 Å². The Kier molecular flexibility index (Phi) is 11.8. The van der Waals surface area contributed by atoms with Gasteiger partial charge in [0.15, 0.2) is 5.96 Å². The molecular weight excluding hydrogens is 413 g/mol. The van der Waals surface area contributed by atoms with Gasteiger partial charge in [0.05, 0.1) is 5.69 Å². The molecule has 0 atom stereocenters. The predicted molar refractivity (Wildman–Crippen MR) is 114 cm³/mol. The van der Waals surface area contributed by atoms with E-state index in [4.69, 9.17) is 0 Å². The Labute approximate surface area is 164 Å². The zero-order valence-corrected chi connectivity index (χ0v) is 18.3. The average molecular weight is 447 g/mol. The summed E-state index contributed by atoms with van der Waals surface area (Å²) in [5.74, 6) is 0.966. The summed E-state index contributed by atoms with van der Waals surface area (Å²) >= 11 is 0. The Morgan fingerprint density at radius 2 is 2.04 bits per heavy atom. The number of aryl methyl sites for hydroxylation is 2. The molecule has 0 radical (unpaired) electrons. The van der Waals surface area contributed by atoms with Crippen LogP contribution < -0.4 is 5.32 Å². The lowest BCUT2D eigenvalue weighted by Crippen LogP contribution is -2.40. The van der Waals surface area contributed by atoms with E-state index in [0.717, 1.165) is 37.6 Å². The van der Waals surface area contributed by atoms with E-state index < -0.39 is 0 Å². The number of allylic oxidation sites excluding steroid dienone is 1. The van der Waals surface area contributed by atoms with Crippen LogP contribution in [-0.2, 0) is 13.5 Å². The zero-order chi connectivity index (χ0) is 17.2. The third-order valence-corrected chi connectivity index (χ3v) is 4.29. The first-order valence-electron chi connectivity index (χ1n) is 8.53. The molecule has 0 spiro atoms. The van der Waals surface area contributed by atoms with E-state index in [2.05, 4.69) is 47.8 Å². The van der Waals surface area contributed by atoms with E-state index in [9.17, 15) is 0 Å². The van der Waals surface area contributed by atoms with Crippen molar-refractivity contribution in [3.63, 3.8) is 0 Å². The number of aliphatic imine (C=N–C) groups is 1. The number of rotatable bonds is 9. The molecule has 5 nitrogen and oxygen atoms in total. The van der Waals surface area contributed by atoms with Crippen LogP contribution in [0.3, 0.4) is 0 Å². The first-order valence-corrected chi connectivity index (χ1v) is 8.53. The summed E-state index contributed by atoms with van der Waals surface area (Å²) in [7, 11) is 5.94. The molecule has 0 aliphatic carbocycles. The van der Waals surface area contributed by atoms with Crippen molar-refractivity contribution >= 4 is 29.9 Å². The summed E-state index contributed by atoms with van der Waals surface area (Å²) in [6.07, 6.45) is 7.72. The van der Waals surface area contributed by atoms with Gasteiger partial charge in [-0.25, -0.2) is 0 Å². The SMILES string of the molecule is C=CCCCCCN(C)C(=NC)NCCc1c(C)nn(C)c1C.I. The quantitative estimate of drug-likeness (QED) is 0.207. The largest absolute Gasteiger partial charge is 0.356 e. The molecule has 0 aromatic carbocycles. The van der Waals surface area contributed by atoms with Crippen LogP contribution in [0.25, 0.3) is 0 Å². The summed E-state index contributed by atoms with van der Waals surface area (Å²) in [4.78, 5) is 6.58. The Morgan fingerprint density at radius 1 is 1.33 bits per heavy atom. The van der Waals surface area contributed by atoms with Crippen molar-refractivity contribution in [1.82, 2.24) is 20.0 Å². The highest BCUT2D eigenvalue weighted by molar-refractivity contribution is 14.0. The van der Waals surface area contributed by atoms with Crippen molar-refractivity contribution < 1.29 is 0 Å². The van der Waals surface area contributed by atoms with Gasteiger partial charge in [0.2, 0.25) is 0 Å². The van der Waals surface area contributed by atoms with Crippen molar-refractivity contribution in [3.05, 3.63) is 29.6 Å². The zero-order valence-electron chi connectivity index (χ0n) is 15.9. The van der Waals surface area contributed by atoms with E-state index in [1.165, 1.54) is 30.5 Å². The van der Waals surface area contributed by atoms with Crippen LogP contribution in [0.1, 0.15) is 42.6 Å². The first kappa shape index (κ1) is 22.9. The molecule has 1 rings (SSSR count). The number of unbranched alkanes of at least 4 members (excludes halogenated alkanes) is 3. The second-order valence-electron chi connectivity index (χ2n) is 6.06. The highest BCUT2D eigenvalue weighted by Gasteiger charge is 2.10. The summed E-state index contributed by atoms with van der Waals surface area (Å²) in [6, 6.07) is 0. The maximum atomic E-state index is 4.47. The molecule has 0 amide bonds. The van der Waals surface area contributed by atoms with E-state index in [1.807, 2.05) is 24.9 Å². The molecule has 0 saturated carbocycles. The van der Waals surface area contributed by atoms with Crippen LogP contribution in [0.15, 0.2) is 17.6 Å². The minimum absolute atomic E-state index is 0. The number of aromatic nitrogens is 2. The van der Waals surface area contributed by atoms with Crippen LogP contribution in [0.5, 0.6) is 0 Å². The van der Waals surface area contributed by atoms with Gasteiger partial charge in [-0.3, -0.25) is 9.67 Å². The molecule has 0 unspecified atom stereocenters. The first-order chi connectivity index (χ1) is 11.0. The number of nitrogens with zero attached hydrogens (tertiary/aromatic N) is 4. The minimum Gasteiger partial charge on any atom is -0.356 e. The lowest BCUT2D eigenvalue weighted by Gasteiger charge is -2.22. The average Bonchev–Trinajstić information content (AvgIpc) is 2.77. The summed E-state index contributed by atoms with van der Waals surface area (Å²) in [5.41, 5.74) is 3.70. The fourth-order valence-corrected chi connectivity index (χ4v) is 2.78. The lowest BCUT2D eigenvalue weighted by atomic mass is 10.1. The third kappa shape index (κ3) is 7.23. The van der Waals surface area contributed by atoms with Gasteiger partial charge in [-0.2, -0.15) is 5.10 Å². The second-order valence-corrected chi connectivity index (χ2v) is 6.06. The monoisotopic (exact) mass is 447 g/mol. The number of guanidine groups is 1. The molecule has 0 aliphatic heterocycles. The molecular formula is C18H34IN5. The Bertz CT molecular complexity index is 522. The molecule has 1 N–H and O–H groups in total. The number of nitrogens with one attached hydrogen (secondary N) is 1. The third-order valence-electron chi connectivity index (χ3n) is 4.29. The van der Waals surface area contributed by atoms with Crippen molar-refractivity contribution in [1.29, 1.82) is 0 Å². The fourth-order valence-electron chi connectivity index (χ4n) is 2.78. The topological polar surface area (TPSA) is 45.4 Å². The highest BCUT2D eigenvalue weighted by Crippen LogP contribution is 2.11. The van der Waals surface area contributed by atoms with E-state index >= 15 is 0 Å². The van der Waals surface area contributed by atoms with Crippen molar-refractivity contribution in [2.75, 3.05) is 27.2 Å². The van der Waals surface area contributed by atoms with Crippen LogP contribution in [0, 0.1) is 13.8 Å². The Balaban J connectivity index is 0.00000529. The number of hydrogen-bond acceptors (Lipinski definition) is 2. The van der Waals surface area contributed by atoms with Gasteiger partial charge < -0.3 is 10.2 Å². The lowest BCUT2D eigenvalue weighted by molar-refractivity contribution is 0.455. The second kappa shape index (κ2) is 12.3. The standard InChI is InChI=1S/C18H33N5.HI/c1-7-8-9-10-11-14-22(5)18(19-4)20-13-12-17-15(2)21-23(6)16(17)3;/h7H,1,8-14H2,2-6H3,(H,19,20);1H. The van der Waals surface area contributed by atoms with E-state index in [1.54, 1.807) is 0 Å². The molecule has 1 aromatic rings. The summed E-state index contributed by atoms with van der Waals surface area (Å²) in [5, 5.41) is 7.93. The number of halogens is 1. The minimum atomic E-state index is 0. The maximum absolute atomic E-state index is 4.47. The van der Waals surface area contributed by atoms with Gasteiger partial charge in [0.1, 0.15) is 0 Å². The smallest absolute Gasteiger partial charge is 0.193 e.